The Balaban J connectivity index is 1.56. The molecule has 0 bridgehead atoms. The van der Waals surface area contributed by atoms with Crippen LogP contribution in [0.3, 0.4) is 0 Å². The molecular weight excluding hydrogens is 425 g/mol. The number of hydrogen-bond donors (Lipinski definition) is 2. The van der Waals surface area contributed by atoms with Crippen LogP contribution in [0, 0.1) is 17.1 Å². The summed E-state index contributed by atoms with van der Waals surface area (Å²) in [5.74, 6) is -1.37. The standard InChI is InChI=1S/C24H16FN5O3/c25-18-9-5-16(6-10-18)13-28-23(32)19-2-1-11-30-21(19)27-14-20(24(30)33)29-22(31)17-7-3-15(12-26)4-8-17/h1-11,14H,13H2,(H,28,32)(H,29,31). The van der Waals surface area contributed by atoms with Gasteiger partial charge in [-0.15, -0.1) is 0 Å². The summed E-state index contributed by atoms with van der Waals surface area (Å²) in [5.41, 5.74) is 1.05. The molecule has 162 valence electrons. The Labute approximate surface area is 186 Å². The van der Waals surface area contributed by atoms with Gasteiger partial charge in [-0.1, -0.05) is 12.1 Å². The van der Waals surface area contributed by atoms with Crippen LogP contribution in [0.5, 0.6) is 0 Å². The second-order valence-electron chi connectivity index (χ2n) is 7.04. The number of halogens is 1. The van der Waals surface area contributed by atoms with Gasteiger partial charge in [0, 0.05) is 18.3 Å². The Bertz CT molecular complexity index is 1460. The maximum atomic E-state index is 13.0. The molecule has 0 radical (unpaired) electrons. The van der Waals surface area contributed by atoms with E-state index < -0.39 is 17.4 Å². The minimum atomic E-state index is -0.560. The number of hydrogen-bond acceptors (Lipinski definition) is 5. The number of nitrogens with zero attached hydrogens (tertiary/aromatic N) is 3. The number of carbonyl (C=O) groups is 2. The molecule has 0 fully saturated rings. The van der Waals surface area contributed by atoms with Crippen molar-refractivity contribution in [2.24, 2.45) is 0 Å². The van der Waals surface area contributed by atoms with Gasteiger partial charge in [-0.3, -0.25) is 18.8 Å². The second kappa shape index (κ2) is 9.11. The summed E-state index contributed by atoms with van der Waals surface area (Å²) >= 11 is 0. The van der Waals surface area contributed by atoms with E-state index in [0.717, 1.165) is 0 Å². The van der Waals surface area contributed by atoms with Gasteiger partial charge >= 0.3 is 0 Å². The van der Waals surface area contributed by atoms with Gasteiger partial charge in [0.2, 0.25) is 0 Å². The molecule has 0 aliphatic carbocycles. The maximum absolute atomic E-state index is 13.0. The third kappa shape index (κ3) is 4.60. The maximum Gasteiger partial charge on any atom is 0.281 e. The Morgan fingerprint density at radius 1 is 1.03 bits per heavy atom. The molecule has 2 N–H and O–H groups in total. The first-order valence-electron chi connectivity index (χ1n) is 9.81. The predicted molar refractivity (Wildman–Crippen MR) is 118 cm³/mol. The van der Waals surface area contributed by atoms with Crippen LogP contribution >= 0.6 is 0 Å². The highest BCUT2D eigenvalue weighted by molar-refractivity contribution is 6.04. The summed E-state index contributed by atoms with van der Waals surface area (Å²) in [4.78, 5) is 42.2. The Morgan fingerprint density at radius 2 is 1.76 bits per heavy atom. The van der Waals surface area contributed by atoms with Crippen molar-refractivity contribution < 1.29 is 14.0 Å². The van der Waals surface area contributed by atoms with E-state index in [2.05, 4.69) is 15.6 Å². The van der Waals surface area contributed by atoms with Crippen LogP contribution in [-0.4, -0.2) is 21.2 Å². The van der Waals surface area contributed by atoms with Crippen LogP contribution in [-0.2, 0) is 6.54 Å². The quantitative estimate of drug-likeness (QED) is 0.494. The van der Waals surface area contributed by atoms with Crippen molar-refractivity contribution in [3.63, 3.8) is 0 Å². The largest absolute Gasteiger partial charge is 0.348 e. The fourth-order valence-corrected chi connectivity index (χ4v) is 3.14. The minimum Gasteiger partial charge on any atom is -0.348 e. The average molecular weight is 441 g/mol. The molecule has 0 atom stereocenters. The number of aromatic nitrogens is 2. The molecule has 4 rings (SSSR count). The van der Waals surface area contributed by atoms with Gasteiger partial charge in [-0.05, 0) is 54.1 Å². The van der Waals surface area contributed by atoms with Gasteiger partial charge in [-0.25, -0.2) is 9.37 Å². The molecule has 4 aromatic rings. The molecule has 0 saturated heterocycles. The molecule has 8 nitrogen and oxygen atoms in total. The Kier molecular flexibility index (Phi) is 5.91. The number of benzene rings is 2. The summed E-state index contributed by atoms with van der Waals surface area (Å²) in [7, 11) is 0. The zero-order chi connectivity index (χ0) is 23.4. The zero-order valence-corrected chi connectivity index (χ0v) is 17.1. The smallest absolute Gasteiger partial charge is 0.281 e. The highest BCUT2D eigenvalue weighted by atomic mass is 19.1. The van der Waals surface area contributed by atoms with E-state index in [1.165, 1.54) is 65.3 Å². The number of nitriles is 1. The normalized spacial score (nSPS) is 10.4. The number of amides is 2. The topological polar surface area (TPSA) is 116 Å². The fourth-order valence-electron chi connectivity index (χ4n) is 3.14. The first kappa shape index (κ1) is 21.4. The lowest BCUT2D eigenvalue weighted by molar-refractivity contribution is 0.0951. The van der Waals surface area contributed by atoms with Crippen molar-refractivity contribution >= 4 is 23.1 Å². The van der Waals surface area contributed by atoms with Crippen molar-refractivity contribution in [1.29, 1.82) is 5.26 Å². The van der Waals surface area contributed by atoms with Crippen LogP contribution in [0.15, 0.2) is 77.9 Å². The number of anilines is 1. The summed E-state index contributed by atoms with van der Waals surface area (Å²) in [5, 5.41) is 14.1. The molecule has 2 aromatic carbocycles. The highest BCUT2D eigenvalue weighted by Gasteiger charge is 2.15. The molecule has 9 heteroatoms. The van der Waals surface area contributed by atoms with Gasteiger partial charge in [0.15, 0.2) is 5.65 Å². The van der Waals surface area contributed by atoms with E-state index in [4.69, 9.17) is 5.26 Å². The number of fused-ring (bicyclic) bond motifs is 1. The molecular formula is C24H16FN5O3. The fraction of sp³-hybridized carbons (Fsp3) is 0.0417. The zero-order valence-electron chi connectivity index (χ0n) is 17.1. The SMILES string of the molecule is N#Cc1ccc(C(=O)Nc2cnc3c(C(=O)NCc4ccc(F)cc4)cccn3c2=O)cc1. The summed E-state index contributed by atoms with van der Waals surface area (Å²) < 4.78 is 14.2. The summed E-state index contributed by atoms with van der Waals surface area (Å²) in [6.45, 7) is 0.170. The van der Waals surface area contributed by atoms with Crippen LogP contribution in [0.1, 0.15) is 31.8 Å². The summed E-state index contributed by atoms with van der Waals surface area (Å²) in [6.07, 6.45) is 2.63. The lowest BCUT2D eigenvalue weighted by Gasteiger charge is -2.10. The molecule has 0 spiro atoms. The van der Waals surface area contributed by atoms with E-state index >= 15 is 0 Å². The molecule has 0 saturated carbocycles. The van der Waals surface area contributed by atoms with Crippen molar-refractivity contribution in [2.75, 3.05) is 5.32 Å². The molecule has 2 heterocycles. The number of pyridine rings is 1. The highest BCUT2D eigenvalue weighted by Crippen LogP contribution is 2.11. The monoisotopic (exact) mass is 441 g/mol. The number of nitrogens with one attached hydrogen (secondary N) is 2. The molecule has 2 amide bonds. The third-order valence-corrected chi connectivity index (χ3v) is 4.87. The van der Waals surface area contributed by atoms with Crippen molar-refractivity contribution in [2.45, 2.75) is 6.54 Å². The second-order valence-corrected chi connectivity index (χ2v) is 7.04. The van der Waals surface area contributed by atoms with Gasteiger partial charge in [0.1, 0.15) is 11.5 Å². The average Bonchev–Trinajstić information content (AvgIpc) is 2.85. The predicted octanol–water partition coefficient (Wildman–Crippen LogP) is 2.89. The van der Waals surface area contributed by atoms with E-state index in [-0.39, 0.29) is 34.8 Å². The first-order valence-corrected chi connectivity index (χ1v) is 9.81. The van der Waals surface area contributed by atoms with Crippen LogP contribution in [0.4, 0.5) is 10.1 Å². The van der Waals surface area contributed by atoms with Gasteiger partial charge < -0.3 is 10.6 Å². The van der Waals surface area contributed by atoms with Crippen molar-refractivity contribution in [3.05, 3.63) is 111 Å². The minimum absolute atomic E-state index is 0.0641. The number of rotatable bonds is 5. The molecule has 2 aromatic heterocycles. The number of carbonyl (C=O) groups excluding carboxylic acids is 2. The van der Waals surface area contributed by atoms with E-state index in [1.807, 2.05) is 6.07 Å². The third-order valence-electron chi connectivity index (χ3n) is 4.87. The van der Waals surface area contributed by atoms with Gasteiger partial charge in [0.25, 0.3) is 17.4 Å². The lowest BCUT2D eigenvalue weighted by atomic mass is 10.1. The lowest BCUT2D eigenvalue weighted by Crippen LogP contribution is -2.27. The van der Waals surface area contributed by atoms with Crippen LogP contribution in [0.2, 0.25) is 0 Å². The first-order chi connectivity index (χ1) is 16.0. The van der Waals surface area contributed by atoms with E-state index in [0.29, 0.717) is 11.1 Å². The van der Waals surface area contributed by atoms with E-state index in [1.54, 1.807) is 12.1 Å². The molecule has 0 aliphatic rings. The van der Waals surface area contributed by atoms with Crippen molar-refractivity contribution in [3.8, 4) is 6.07 Å². The Morgan fingerprint density at radius 3 is 2.45 bits per heavy atom. The molecule has 0 unspecified atom stereocenters. The van der Waals surface area contributed by atoms with Gasteiger partial charge in [0.05, 0.1) is 23.4 Å². The molecule has 33 heavy (non-hydrogen) atoms. The Hall–Kier alpha value is -4.84. The summed E-state index contributed by atoms with van der Waals surface area (Å²) in [6, 6.07) is 16.7. The van der Waals surface area contributed by atoms with E-state index in [9.17, 15) is 18.8 Å². The van der Waals surface area contributed by atoms with Crippen molar-refractivity contribution in [1.82, 2.24) is 14.7 Å². The van der Waals surface area contributed by atoms with Crippen LogP contribution in [0.25, 0.3) is 5.65 Å². The van der Waals surface area contributed by atoms with Crippen LogP contribution < -0.4 is 16.2 Å². The van der Waals surface area contributed by atoms with Gasteiger partial charge in [-0.2, -0.15) is 5.26 Å². The molecule has 0 aliphatic heterocycles.